The van der Waals surface area contributed by atoms with Gasteiger partial charge in [-0.3, -0.25) is 25.3 Å². The number of nitrogens with zero attached hydrogens (tertiary/aromatic N) is 6. The molecule has 0 saturated carbocycles. The maximum atomic E-state index is 6.55. The fourth-order valence-corrected chi connectivity index (χ4v) is 3.74. The largest absolute Gasteiger partial charge is 0.437 e. The van der Waals surface area contributed by atoms with Crippen LogP contribution in [0.5, 0.6) is 0 Å². The first-order valence-corrected chi connectivity index (χ1v) is 10.8. The molecule has 5 rings (SSSR count). The van der Waals surface area contributed by atoms with Crippen LogP contribution in [0.15, 0.2) is 72.2 Å². The van der Waals surface area contributed by atoms with Gasteiger partial charge in [-0.1, -0.05) is 23.7 Å². The Morgan fingerprint density at radius 1 is 1.06 bits per heavy atom. The van der Waals surface area contributed by atoms with E-state index in [-0.39, 0.29) is 6.04 Å². The van der Waals surface area contributed by atoms with Crippen molar-refractivity contribution in [2.75, 3.05) is 0 Å². The third-order valence-corrected chi connectivity index (χ3v) is 5.50. The molecule has 0 radical (unpaired) electrons. The molecular weight excluding hydrogens is 440 g/mol. The summed E-state index contributed by atoms with van der Waals surface area (Å²) in [4.78, 5) is 8.39. The molecular formula is C23H21ClN8O. The van der Waals surface area contributed by atoms with Gasteiger partial charge >= 0.3 is 0 Å². The van der Waals surface area contributed by atoms with Gasteiger partial charge in [-0.2, -0.15) is 0 Å². The van der Waals surface area contributed by atoms with E-state index in [2.05, 4.69) is 36.0 Å². The van der Waals surface area contributed by atoms with Crippen molar-refractivity contribution >= 4 is 17.5 Å². The number of aromatic nitrogens is 5. The number of nitrogens with one attached hydrogen (secondary N) is 2. The van der Waals surface area contributed by atoms with E-state index >= 15 is 0 Å². The van der Waals surface area contributed by atoms with Crippen LogP contribution in [-0.4, -0.2) is 37.0 Å². The summed E-state index contributed by atoms with van der Waals surface area (Å²) >= 11 is 6.55. The summed E-state index contributed by atoms with van der Waals surface area (Å²) < 4.78 is 7.88. The summed E-state index contributed by atoms with van der Waals surface area (Å²) in [5, 5.41) is 17.2. The van der Waals surface area contributed by atoms with E-state index in [0.29, 0.717) is 22.6 Å². The van der Waals surface area contributed by atoms with Crippen molar-refractivity contribution in [2.24, 2.45) is 5.10 Å². The second-order valence-corrected chi connectivity index (χ2v) is 7.93. The Hall–Kier alpha value is -3.82. The zero-order valence-corrected chi connectivity index (χ0v) is 18.7. The number of hydrogen-bond acceptors (Lipinski definition) is 8. The van der Waals surface area contributed by atoms with Crippen molar-refractivity contribution in [1.29, 1.82) is 0 Å². The van der Waals surface area contributed by atoms with Gasteiger partial charge in [-0.05, 0) is 50.2 Å². The third kappa shape index (κ3) is 4.28. The van der Waals surface area contributed by atoms with Crippen molar-refractivity contribution in [3.05, 3.63) is 89.2 Å². The number of hydrogen-bond donors (Lipinski definition) is 2. The smallest absolute Gasteiger partial charge is 0.244 e. The predicted octanol–water partition coefficient (Wildman–Crippen LogP) is 3.60. The van der Waals surface area contributed by atoms with Crippen molar-refractivity contribution in [1.82, 2.24) is 35.5 Å². The second kappa shape index (κ2) is 8.97. The molecule has 4 heterocycles. The van der Waals surface area contributed by atoms with Crippen molar-refractivity contribution in [3.63, 3.8) is 0 Å². The first-order chi connectivity index (χ1) is 16.1. The first kappa shape index (κ1) is 21.0. The highest BCUT2D eigenvalue weighted by Gasteiger charge is 2.27. The van der Waals surface area contributed by atoms with Crippen LogP contribution in [0.25, 0.3) is 17.1 Å². The first-order valence-electron chi connectivity index (χ1n) is 10.4. The fourth-order valence-electron chi connectivity index (χ4n) is 3.52. The number of aryl methyl sites for hydroxylation is 1. The van der Waals surface area contributed by atoms with Crippen LogP contribution < -0.4 is 10.7 Å². The lowest BCUT2D eigenvalue weighted by Gasteiger charge is -2.20. The Labute approximate surface area is 195 Å². The van der Waals surface area contributed by atoms with E-state index in [0.717, 1.165) is 22.5 Å². The second-order valence-electron chi connectivity index (χ2n) is 7.53. The quantitative estimate of drug-likeness (QED) is 0.453. The van der Waals surface area contributed by atoms with Gasteiger partial charge in [0.05, 0.1) is 22.3 Å². The van der Waals surface area contributed by atoms with Crippen molar-refractivity contribution < 1.29 is 4.74 Å². The Balaban J connectivity index is 1.42. The zero-order chi connectivity index (χ0) is 22.8. The molecule has 0 fully saturated rings. The molecule has 0 amide bonds. The highest BCUT2D eigenvalue weighted by atomic mass is 35.5. The number of rotatable bonds is 6. The summed E-state index contributed by atoms with van der Waals surface area (Å²) in [5.74, 6) is 1.81. The van der Waals surface area contributed by atoms with Gasteiger partial charge in [0.2, 0.25) is 12.2 Å². The molecule has 33 heavy (non-hydrogen) atoms. The van der Waals surface area contributed by atoms with Gasteiger partial charge in [-0.25, -0.2) is 0 Å². The molecule has 1 aliphatic heterocycles. The van der Waals surface area contributed by atoms with Crippen LogP contribution in [0.4, 0.5) is 0 Å². The molecule has 1 aliphatic rings. The molecule has 0 saturated heterocycles. The molecule has 166 valence electrons. The molecule has 0 aliphatic carbocycles. The van der Waals surface area contributed by atoms with E-state index in [9.17, 15) is 0 Å². The van der Waals surface area contributed by atoms with Crippen LogP contribution in [-0.2, 0) is 4.74 Å². The average Bonchev–Trinajstić information content (AvgIpc) is 3.48. The molecule has 1 aromatic carbocycles. The highest BCUT2D eigenvalue weighted by Crippen LogP contribution is 2.29. The minimum Gasteiger partial charge on any atom is -0.437 e. The summed E-state index contributed by atoms with van der Waals surface area (Å²) in [6.45, 7) is 3.91. The van der Waals surface area contributed by atoms with Crippen LogP contribution in [0.2, 0.25) is 5.02 Å². The average molecular weight is 461 g/mol. The van der Waals surface area contributed by atoms with Gasteiger partial charge in [-0.15, -0.1) is 15.3 Å². The van der Waals surface area contributed by atoms with Crippen LogP contribution in [0.1, 0.15) is 30.0 Å². The molecule has 2 N–H and O–H groups in total. The minimum atomic E-state index is -0.544. The lowest BCUT2D eigenvalue weighted by atomic mass is 10.2. The van der Waals surface area contributed by atoms with E-state index < -0.39 is 6.35 Å². The van der Waals surface area contributed by atoms with Crippen molar-refractivity contribution in [2.45, 2.75) is 26.2 Å². The zero-order valence-electron chi connectivity index (χ0n) is 18.0. The van der Waals surface area contributed by atoms with Crippen molar-refractivity contribution in [3.8, 4) is 17.1 Å². The highest BCUT2D eigenvalue weighted by molar-refractivity contribution is 6.32. The molecule has 10 heteroatoms. The number of para-hydroxylation sites is 1. The maximum Gasteiger partial charge on any atom is 0.244 e. The number of halogens is 1. The molecule has 4 aromatic rings. The van der Waals surface area contributed by atoms with Gasteiger partial charge in [0.1, 0.15) is 0 Å². The molecule has 0 spiro atoms. The Morgan fingerprint density at radius 2 is 1.88 bits per heavy atom. The third-order valence-electron chi connectivity index (χ3n) is 5.18. The van der Waals surface area contributed by atoms with E-state index in [1.54, 1.807) is 18.6 Å². The van der Waals surface area contributed by atoms with E-state index in [4.69, 9.17) is 16.3 Å². The van der Waals surface area contributed by atoms with Gasteiger partial charge in [0, 0.05) is 29.8 Å². The molecule has 9 nitrogen and oxygen atoms in total. The minimum absolute atomic E-state index is 0.257. The summed E-state index contributed by atoms with van der Waals surface area (Å²) in [6.07, 6.45) is 4.63. The summed E-state index contributed by atoms with van der Waals surface area (Å²) in [7, 11) is 0. The topological polar surface area (TPSA) is 102 Å². The van der Waals surface area contributed by atoms with Crippen LogP contribution in [0.3, 0.4) is 0 Å². The molecule has 3 aromatic heterocycles. The SMILES string of the molecule is Cc1ccc(C2=NNC(NC(C)c3nnc(-c4ccncc4)n3-c3ccccc3Cl)O2)cn1. The fraction of sp³-hybridized carbons (Fsp3) is 0.174. The summed E-state index contributed by atoms with van der Waals surface area (Å²) in [6, 6.07) is 14.9. The molecule has 2 atom stereocenters. The van der Waals surface area contributed by atoms with Gasteiger partial charge < -0.3 is 4.74 Å². The number of hydrazone groups is 1. The van der Waals surface area contributed by atoms with Crippen LogP contribution in [0, 0.1) is 6.92 Å². The van der Waals surface area contributed by atoms with Gasteiger partial charge in [0.15, 0.2) is 11.6 Å². The predicted molar refractivity (Wildman–Crippen MR) is 125 cm³/mol. The van der Waals surface area contributed by atoms with Gasteiger partial charge in [0.25, 0.3) is 0 Å². The molecule has 0 bridgehead atoms. The lowest BCUT2D eigenvalue weighted by Crippen LogP contribution is -2.40. The standard InChI is InChI=1S/C23H21ClN8O/c1-14-7-8-17(13-26-14)22-30-31-23(33-22)27-15(2)20-28-29-21(16-9-11-25-12-10-16)32(20)19-6-4-3-5-18(19)24/h3-13,15,23,27,31H,1-2H3. The number of pyridine rings is 2. The Bertz CT molecular complexity index is 1290. The monoisotopic (exact) mass is 460 g/mol. The van der Waals surface area contributed by atoms with E-state index in [1.807, 2.05) is 66.9 Å². The number of benzene rings is 1. The number of ether oxygens (including phenoxy) is 1. The lowest BCUT2D eigenvalue weighted by molar-refractivity contribution is 0.133. The summed E-state index contributed by atoms with van der Waals surface area (Å²) in [5.41, 5.74) is 6.35. The van der Waals surface area contributed by atoms with E-state index in [1.165, 1.54) is 0 Å². The van der Waals surface area contributed by atoms with Crippen LogP contribution >= 0.6 is 11.6 Å². The normalized spacial score (nSPS) is 16.1. The Morgan fingerprint density at radius 3 is 2.64 bits per heavy atom. The Kier molecular flexibility index (Phi) is 5.72. The maximum absolute atomic E-state index is 6.55. The molecule has 2 unspecified atom stereocenters.